The summed E-state index contributed by atoms with van der Waals surface area (Å²) in [5, 5.41) is 7.41. The van der Waals surface area contributed by atoms with Crippen molar-refractivity contribution in [2.75, 3.05) is 4.90 Å². The minimum absolute atomic E-state index is 0.450. The molecule has 0 unspecified atom stereocenters. The molecule has 0 spiro atoms. The molecule has 15 heavy (non-hydrogen) atoms. The van der Waals surface area contributed by atoms with Crippen LogP contribution in [0.1, 0.15) is 33.3 Å². The molecule has 82 valence electrons. The Morgan fingerprint density at radius 1 is 1.07 bits per heavy atom. The first-order valence-electron chi connectivity index (χ1n) is 5.45. The van der Waals surface area contributed by atoms with Crippen molar-refractivity contribution in [3.63, 3.8) is 0 Å². The van der Waals surface area contributed by atoms with Gasteiger partial charge in [-0.2, -0.15) is 0 Å². The van der Waals surface area contributed by atoms with E-state index in [0.29, 0.717) is 12.1 Å². The Kier molecular flexibility index (Phi) is 3.89. The summed E-state index contributed by atoms with van der Waals surface area (Å²) in [6, 6.07) is 8.97. The van der Waals surface area contributed by atoms with Crippen molar-refractivity contribution in [3.05, 3.63) is 29.8 Å². The van der Waals surface area contributed by atoms with E-state index in [-0.39, 0.29) is 0 Å². The quantitative estimate of drug-likeness (QED) is 0.748. The van der Waals surface area contributed by atoms with Crippen LogP contribution in [0.2, 0.25) is 0 Å². The van der Waals surface area contributed by atoms with E-state index in [0.717, 1.165) is 11.3 Å². The molecule has 0 heterocycles. The highest BCUT2D eigenvalue weighted by atomic mass is 15.2. The summed E-state index contributed by atoms with van der Waals surface area (Å²) in [6.45, 7) is 8.73. The second kappa shape index (κ2) is 4.96. The molecule has 1 rings (SSSR count). The third kappa shape index (κ3) is 2.58. The molecule has 0 fully saturated rings. The predicted octanol–water partition coefficient (Wildman–Crippen LogP) is 3.31. The van der Waals surface area contributed by atoms with Gasteiger partial charge in [0.1, 0.15) is 0 Å². The normalized spacial score (nSPS) is 10.8. The summed E-state index contributed by atoms with van der Waals surface area (Å²) in [7, 11) is 0. The van der Waals surface area contributed by atoms with Gasteiger partial charge in [0.25, 0.3) is 0 Å². The molecule has 0 saturated carbocycles. The van der Waals surface area contributed by atoms with Gasteiger partial charge in [-0.15, -0.1) is 0 Å². The van der Waals surface area contributed by atoms with Crippen LogP contribution in [0.15, 0.2) is 24.3 Å². The average molecular weight is 204 g/mol. The van der Waals surface area contributed by atoms with Crippen molar-refractivity contribution < 1.29 is 0 Å². The fourth-order valence-electron chi connectivity index (χ4n) is 2.00. The maximum Gasteiger partial charge on any atom is 0.0459 e. The Balaban J connectivity index is 3.16. The minimum Gasteiger partial charge on any atom is -0.366 e. The zero-order valence-corrected chi connectivity index (χ0v) is 9.99. The number of benzene rings is 1. The SMILES string of the molecule is CC(C)N(c1ccccc1C=N)C(C)C. The standard InChI is InChI=1S/C13H20N2/c1-10(2)15(11(3)4)13-8-6-5-7-12(13)9-14/h5-11,14H,1-4H3. The fraction of sp³-hybridized carbons (Fsp3) is 0.462. The zero-order valence-electron chi connectivity index (χ0n) is 9.99. The number of hydrogen-bond acceptors (Lipinski definition) is 2. The second-order valence-corrected chi connectivity index (χ2v) is 4.30. The van der Waals surface area contributed by atoms with E-state index in [1.54, 1.807) is 0 Å². The van der Waals surface area contributed by atoms with Crippen LogP contribution in [0.5, 0.6) is 0 Å². The summed E-state index contributed by atoms with van der Waals surface area (Å²) >= 11 is 0. The van der Waals surface area contributed by atoms with Gasteiger partial charge in [-0.1, -0.05) is 18.2 Å². The van der Waals surface area contributed by atoms with Crippen molar-refractivity contribution in [3.8, 4) is 0 Å². The summed E-state index contributed by atoms with van der Waals surface area (Å²) in [5.74, 6) is 0. The van der Waals surface area contributed by atoms with Gasteiger partial charge in [0, 0.05) is 29.5 Å². The van der Waals surface area contributed by atoms with E-state index in [9.17, 15) is 0 Å². The minimum atomic E-state index is 0.450. The number of nitrogens with one attached hydrogen (secondary N) is 1. The molecule has 1 aromatic carbocycles. The van der Waals surface area contributed by atoms with E-state index >= 15 is 0 Å². The molecule has 2 heteroatoms. The highest BCUT2D eigenvalue weighted by Gasteiger charge is 2.15. The summed E-state index contributed by atoms with van der Waals surface area (Å²) in [4.78, 5) is 2.33. The Labute approximate surface area is 92.4 Å². The Bertz CT molecular complexity index is 321. The average Bonchev–Trinajstić information content (AvgIpc) is 2.17. The Morgan fingerprint density at radius 2 is 1.60 bits per heavy atom. The number of nitrogens with zero attached hydrogens (tertiary/aromatic N) is 1. The molecule has 0 radical (unpaired) electrons. The highest BCUT2D eigenvalue weighted by molar-refractivity contribution is 5.86. The second-order valence-electron chi connectivity index (χ2n) is 4.30. The van der Waals surface area contributed by atoms with Gasteiger partial charge in [0.05, 0.1) is 0 Å². The van der Waals surface area contributed by atoms with Gasteiger partial charge in [-0.25, -0.2) is 0 Å². The van der Waals surface area contributed by atoms with E-state index in [1.807, 2.05) is 18.2 Å². The molecule has 1 aromatic rings. The maximum absolute atomic E-state index is 7.41. The van der Waals surface area contributed by atoms with Crippen LogP contribution in [0.3, 0.4) is 0 Å². The molecular weight excluding hydrogens is 184 g/mol. The summed E-state index contributed by atoms with van der Waals surface area (Å²) < 4.78 is 0. The topological polar surface area (TPSA) is 27.1 Å². The van der Waals surface area contributed by atoms with Gasteiger partial charge in [-0.3, -0.25) is 0 Å². The third-order valence-corrected chi connectivity index (χ3v) is 2.48. The molecule has 1 N–H and O–H groups in total. The van der Waals surface area contributed by atoms with E-state index < -0.39 is 0 Å². The first kappa shape index (κ1) is 11.8. The molecule has 0 amide bonds. The zero-order chi connectivity index (χ0) is 11.4. The van der Waals surface area contributed by atoms with Gasteiger partial charge in [0.15, 0.2) is 0 Å². The van der Waals surface area contributed by atoms with Crippen molar-refractivity contribution >= 4 is 11.9 Å². The lowest BCUT2D eigenvalue weighted by Crippen LogP contribution is -2.37. The van der Waals surface area contributed by atoms with Crippen LogP contribution in [-0.4, -0.2) is 18.3 Å². The highest BCUT2D eigenvalue weighted by Crippen LogP contribution is 2.23. The molecule has 0 aliphatic heterocycles. The molecule has 0 saturated heterocycles. The van der Waals surface area contributed by atoms with Crippen LogP contribution < -0.4 is 4.90 Å². The lowest BCUT2D eigenvalue weighted by molar-refractivity contribution is 0.608. The smallest absolute Gasteiger partial charge is 0.0459 e. The lowest BCUT2D eigenvalue weighted by atomic mass is 10.1. The molecule has 0 aliphatic carbocycles. The van der Waals surface area contributed by atoms with Crippen LogP contribution in [-0.2, 0) is 0 Å². The van der Waals surface area contributed by atoms with Gasteiger partial charge >= 0.3 is 0 Å². The van der Waals surface area contributed by atoms with Crippen LogP contribution >= 0.6 is 0 Å². The van der Waals surface area contributed by atoms with E-state index in [4.69, 9.17) is 5.41 Å². The molecular formula is C13H20N2. The van der Waals surface area contributed by atoms with Crippen molar-refractivity contribution in [1.82, 2.24) is 0 Å². The predicted molar refractivity (Wildman–Crippen MR) is 67.1 cm³/mol. The first-order valence-corrected chi connectivity index (χ1v) is 5.45. The van der Waals surface area contributed by atoms with Gasteiger partial charge in [-0.05, 0) is 33.8 Å². The van der Waals surface area contributed by atoms with Crippen LogP contribution in [0, 0.1) is 5.41 Å². The maximum atomic E-state index is 7.41. The molecule has 0 bridgehead atoms. The van der Waals surface area contributed by atoms with Gasteiger partial charge in [0.2, 0.25) is 0 Å². The van der Waals surface area contributed by atoms with Crippen LogP contribution in [0.4, 0.5) is 5.69 Å². The number of anilines is 1. The molecule has 0 aliphatic rings. The van der Waals surface area contributed by atoms with Crippen molar-refractivity contribution in [2.24, 2.45) is 0 Å². The Morgan fingerprint density at radius 3 is 2.07 bits per heavy atom. The lowest BCUT2D eigenvalue weighted by Gasteiger charge is -2.34. The fourth-order valence-corrected chi connectivity index (χ4v) is 2.00. The van der Waals surface area contributed by atoms with Crippen molar-refractivity contribution in [1.29, 1.82) is 5.41 Å². The van der Waals surface area contributed by atoms with Crippen LogP contribution in [0.25, 0.3) is 0 Å². The number of hydrogen-bond donors (Lipinski definition) is 1. The largest absolute Gasteiger partial charge is 0.366 e. The molecule has 0 aromatic heterocycles. The summed E-state index contributed by atoms with van der Waals surface area (Å²) in [6.07, 6.45) is 1.42. The van der Waals surface area contributed by atoms with Crippen molar-refractivity contribution in [2.45, 2.75) is 39.8 Å². The molecule has 2 nitrogen and oxygen atoms in total. The Hall–Kier alpha value is -1.31. The van der Waals surface area contributed by atoms with Gasteiger partial charge < -0.3 is 10.3 Å². The number of para-hydroxylation sites is 1. The number of rotatable bonds is 4. The molecule has 0 atom stereocenters. The van der Waals surface area contributed by atoms with E-state index in [1.165, 1.54) is 6.21 Å². The first-order chi connectivity index (χ1) is 7.07. The third-order valence-electron chi connectivity index (χ3n) is 2.48. The van der Waals surface area contributed by atoms with E-state index in [2.05, 4.69) is 38.7 Å². The summed E-state index contributed by atoms with van der Waals surface area (Å²) in [5.41, 5.74) is 2.14. The monoisotopic (exact) mass is 204 g/mol.